The van der Waals surface area contributed by atoms with Gasteiger partial charge in [0.05, 0.1) is 12.0 Å². The summed E-state index contributed by atoms with van der Waals surface area (Å²) in [4.78, 5) is 13.0. The zero-order valence-corrected chi connectivity index (χ0v) is 18.5. The van der Waals surface area contributed by atoms with Crippen molar-refractivity contribution < 1.29 is 4.42 Å². The maximum Gasteiger partial charge on any atom is 0.232 e. The van der Waals surface area contributed by atoms with E-state index in [0.29, 0.717) is 34.3 Å². The molecule has 3 heterocycles. The van der Waals surface area contributed by atoms with Gasteiger partial charge < -0.3 is 15.5 Å². The number of nitrogens with two attached hydrogens (primary N) is 1. The van der Waals surface area contributed by atoms with Crippen molar-refractivity contribution >= 4 is 29.3 Å². The molecule has 0 bridgehead atoms. The van der Waals surface area contributed by atoms with Crippen LogP contribution in [-0.2, 0) is 5.75 Å². The molecule has 3 N–H and O–H groups in total. The molecule has 2 aromatic carbocycles. The number of benzene rings is 2. The molecule has 0 saturated carbocycles. The van der Waals surface area contributed by atoms with Crippen LogP contribution in [0.15, 0.2) is 82.6 Å². The molecule has 0 atom stereocenters. The molecule has 0 amide bonds. The van der Waals surface area contributed by atoms with Crippen LogP contribution in [0.25, 0.3) is 17.3 Å². The third-order valence-electron chi connectivity index (χ3n) is 4.73. The summed E-state index contributed by atoms with van der Waals surface area (Å²) in [5.74, 6) is 2.75. The Morgan fingerprint density at radius 3 is 2.52 bits per heavy atom. The van der Waals surface area contributed by atoms with E-state index in [0.717, 1.165) is 11.4 Å². The van der Waals surface area contributed by atoms with Gasteiger partial charge in [0, 0.05) is 11.4 Å². The van der Waals surface area contributed by atoms with Crippen molar-refractivity contribution in [3.05, 3.63) is 84.4 Å². The van der Waals surface area contributed by atoms with E-state index < -0.39 is 0 Å². The van der Waals surface area contributed by atoms with Crippen LogP contribution in [0, 0.1) is 6.92 Å². The zero-order valence-electron chi connectivity index (χ0n) is 17.7. The first-order valence-corrected chi connectivity index (χ1v) is 11.2. The first-order chi connectivity index (χ1) is 16.2. The molecule has 5 aromatic rings. The van der Waals surface area contributed by atoms with Crippen LogP contribution in [0.4, 0.5) is 17.6 Å². The van der Waals surface area contributed by atoms with Crippen molar-refractivity contribution in [2.24, 2.45) is 0 Å². The fourth-order valence-electron chi connectivity index (χ4n) is 3.19. The quantitative estimate of drug-likeness (QED) is 0.337. The van der Waals surface area contributed by atoms with E-state index in [1.807, 2.05) is 78.2 Å². The first-order valence-electron chi connectivity index (χ1n) is 10.2. The first kappa shape index (κ1) is 20.7. The van der Waals surface area contributed by atoms with E-state index in [1.165, 1.54) is 17.3 Å². The molecule has 0 unspecified atom stereocenters. The summed E-state index contributed by atoms with van der Waals surface area (Å²) in [6.45, 7) is 2.03. The van der Waals surface area contributed by atoms with Gasteiger partial charge in [-0.15, -0.1) is 10.2 Å². The molecule has 9 nitrogen and oxygen atoms in total. The van der Waals surface area contributed by atoms with Crippen molar-refractivity contribution in [2.45, 2.75) is 17.8 Å². The molecule has 10 heteroatoms. The summed E-state index contributed by atoms with van der Waals surface area (Å²) in [6.07, 6.45) is 1.61. The number of hydrogen-bond donors (Lipinski definition) is 2. The van der Waals surface area contributed by atoms with Crippen LogP contribution in [0.1, 0.15) is 11.4 Å². The average molecular weight is 457 g/mol. The maximum absolute atomic E-state index is 5.94. The van der Waals surface area contributed by atoms with Gasteiger partial charge in [0.1, 0.15) is 5.82 Å². The summed E-state index contributed by atoms with van der Waals surface area (Å²) in [5.41, 5.74) is 8.91. The molecule has 0 aliphatic carbocycles. The van der Waals surface area contributed by atoms with E-state index in [9.17, 15) is 0 Å². The predicted molar refractivity (Wildman–Crippen MR) is 127 cm³/mol. The van der Waals surface area contributed by atoms with Crippen molar-refractivity contribution in [1.82, 2.24) is 29.7 Å². The Bertz CT molecular complexity index is 1350. The van der Waals surface area contributed by atoms with Crippen LogP contribution in [0.3, 0.4) is 0 Å². The summed E-state index contributed by atoms with van der Waals surface area (Å²) < 4.78 is 7.51. The Morgan fingerprint density at radius 1 is 0.939 bits per heavy atom. The van der Waals surface area contributed by atoms with E-state index in [-0.39, 0.29) is 5.95 Å². The normalized spacial score (nSPS) is 10.9. The fourth-order valence-corrected chi connectivity index (χ4v) is 4.00. The predicted octanol–water partition coefficient (Wildman–Crippen LogP) is 4.64. The highest BCUT2D eigenvalue weighted by Crippen LogP contribution is 2.29. The smallest absolute Gasteiger partial charge is 0.232 e. The second-order valence-corrected chi connectivity index (χ2v) is 8.11. The van der Waals surface area contributed by atoms with E-state index in [2.05, 4.69) is 30.5 Å². The van der Waals surface area contributed by atoms with Gasteiger partial charge in [0.15, 0.2) is 10.9 Å². The standard InChI is InChI=1S/C23H20N8OS/c1-15-9-11-16(12-10-15)25-22-27-19(26-21(24)28-22)14-33-23-30-29-20(18-8-5-13-32-18)31(23)17-6-3-2-4-7-17/h2-13H,14H2,1H3,(H3,24,25,26,27,28). The third-order valence-corrected chi connectivity index (χ3v) is 5.65. The summed E-state index contributed by atoms with van der Waals surface area (Å²) >= 11 is 1.45. The van der Waals surface area contributed by atoms with Gasteiger partial charge in [-0.3, -0.25) is 4.57 Å². The second kappa shape index (κ2) is 9.13. The summed E-state index contributed by atoms with van der Waals surface area (Å²) in [6, 6.07) is 21.5. The summed E-state index contributed by atoms with van der Waals surface area (Å²) in [7, 11) is 0. The van der Waals surface area contributed by atoms with Crippen LogP contribution in [0.2, 0.25) is 0 Å². The molecule has 0 aliphatic rings. The van der Waals surface area contributed by atoms with E-state index in [1.54, 1.807) is 6.26 Å². The lowest BCUT2D eigenvalue weighted by Gasteiger charge is -2.10. The molecule has 0 fully saturated rings. The minimum atomic E-state index is 0.149. The number of aromatic nitrogens is 6. The van der Waals surface area contributed by atoms with Crippen molar-refractivity contribution in [2.75, 3.05) is 11.1 Å². The summed E-state index contributed by atoms with van der Waals surface area (Å²) in [5, 5.41) is 12.6. The van der Waals surface area contributed by atoms with Gasteiger partial charge in [0.25, 0.3) is 0 Å². The molecule has 0 radical (unpaired) electrons. The number of nitrogens with one attached hydrogen (secondary N) is 1. The highest BCUT2D eigenvalue weighted by atomic mass is 32.2. The highest BCUT2D eigenvalue weighted by molar-refractivity contribution is 7.98. The Labute approximate surface area is 194 Å². The minimum absolute atomic E-state index is 0.149. The number of rotatable bonds is 7. The molecule has 33 heavy (non-hydrogen) atoms. The Morgan fingerprint density at radius 2 is 1.76 bits per heavy atom. The Balaban J connectivity index is 1.41. The molecule has 5 rings (SSSR count). The average Bonchev–Trinajstić information content (AvgIpc) is 3.49. The van der Waals surface area contributed by atoms with E-state index in [4.69, 9.17) is 10.2 Å². The fraction of sp³-hybridized carbons (Fsp3) is 0.0870. The molecule has 0 spiro atoms. The second-order valence-electron chi connectivity index (χ2n) is 7.17. The van der Waals surface area contributed by atoms with Gasteiger partial charge in [-0.2, -0.15) is 15.0 Å². The Hall–Kier alpha value is -4.18. The van der Waals surface area contributed by atoms with Crippen LogP contribution in [-0.4, -0.2) is 29.7 Å². The number of furan rings is 1. The zero-order chi connectivity index (χ0) is 22.6. The number of thioether (sulfide) groups is 1. The maximum atomic E-state index is 5.94. The third kappa shape index (κ3) is 4.70. The van der Waals surface area contributed by atoms with Gasteiger partial charge in [-0.05, 0) is 43.3 Å². The van der Waals surface area contributed by atoms with E-state index >= 15 is 0 Å². The van der Waals surface area contributed by atoms with Gasteiger partial charge in [-0.25, -0.2) is 0 Å². The van der Waals surface area contributed by atoms with Crippen molar-refractivity contribution in [3.63, 3.8) is 0 Å². The number of para-hydroxylation sites is 1. The van der Waals surface area contributed by atoms with Crippen molar-refractivity contribution in [3.8, 4) is 17.3 Å². The van der Waals surface area contributed by atoms with Crippen molar-refractivity contribution in [1.29, 1.82) is 0 Å². The molecule has 164 valence electrons. The largest absolute Gasteiger partial charge is 0.461 e. The molecular weight excluding hydrogens is 436 g/mol. The molecule has 0 aliphatic heterocycles. The number of anilines is 3. The topological polar surface area (TPSA) is 121 Å². The highest BCUT2D eigenvalue weighted by Gasteiger charge is 2.18. The number of hydrogen-bond acceptors (Lipinski definition) is 9. The SMILES string of the molecule is Cc1ccc(Nc2nc(N)nc(CSc3nnc(-c4ccco4)n3-c3ccccc3)n2)cc1. The molecule has 0 saturated heterocycles. The molecular formula is C23H20N8OS. The Kier molecular flexibility index (Phi) is 5.73. The lowest BCUT2D eigenvalue weighted by atomic mass is 10.2. The van der Waals surface area contributed by atoms with Gasteiger partial charge >= 0.3 is 0 Å². The number of aryl methyl sites for hydroxylation is 1. The molecule has 3 aromatic heterocycles. The van der Waals surface area contributed by atoms with Crippen LogP contribution in [0.5, 0.6) is 0 Å². The van der Waals surface area contributed by atoms with Gasteiger partial charge in [0.2, 0.25) is 17.7 Å². The number of nitrogen functional groups attached to an aromatic ring is 1. The minimum Gasteiger partial charge on any atom is -0.461 e. The van der Waals surface area contributed by atoms with Crippen LogP contribution < -0.4 is 11.1 Å². The van der Waals surface area contributed by atoms with Crippen LogP contribution >= 0.6 is 11.8 Å². The monoisotopic (exact) mass is 456 g/mol. The number of nitrogens with zero attached hydrogens (tertiary/aromatic N) is 6. The lowest BCUT2D eigenvalue weighted by Crippen LogP contribution is -2.07. The lowest BCUT2D eigenvalue weighted by molar-refractivity contribution is 0.575. The van der Waals surface area contributed by atoms with Gasteiger partial charge in [-0.1, -0.05) is 47.7 Å².